The molecule has 2 aliphatic heterocycles. The minimum atomic E-state index is -0.458. The molecule has 2 nitrogen and oxygen atoms in total. The van der Waals surface area contributed by atoms with Gasteiger partial charge in [-0.3, -0.25) is 4.79 Å². The molecule has 0 aliphatic carbocycles. The first-order valence-corrected chi connectivity index (χ1v) is 4.75. The summed E-state index contributed by atoms with van der Waals surface area (Å²) in [6, 6.07) is 0. The minimum Gasteiger partial charge on any atom is -0.338 e. The van der Waals surface area contributed by atoms with E-state index in [1.165, 1.54) is 0 Å². The van der Waals surface area contributed by atoms with E-state index in [0.29, 0.717) is 5.92 Å². The number of carbonyl (C=O) groups excluding carboxylic acids is 1. The topological polar surface area (TPSA) is 20.3 Å². The average Bonchev–Trinajstić information content (AvgIpc) is 2.44. The molecule has 0 saturated carbocycles. The van der Waals surface area contributed by atoms with E-state index in [2.05, 4.69) is 6.92 Å². The van der Waals surface area contributed by atoms with Crippen molar-refractivity contribution in [3.05, 3.63) is 11.1 Å². The van der Waals surface area contributed by atoms with Gasteiger partial charge in [0.05, 0.1) is 0 Å². The summed E-state index contributed by atoms with van der Waals surface area (Å²) < 4.78 is 0. The molecule has 1 unspecified atom stereocenters. The van der Waals surface area contributed by atoms with Crippen LogP contribution in [0.5, 0.6) is 0 Å². The Balaban J connectivity index is 2.45. The molecular weight excluding hydrogens is 161 g/mol. The fraction of sp³-hybridized carbons (Fsp3) is 0.700. The van der Waals surface area contributed by atoms with Crippen molar-refractivity contribution in [3.8, 4) is 0 Å². The molecule has 1 amide bonds. The van der Waals surface area contributed by atoms with Gasteiger partial charge in [0.25, 0.3) is 0 Å². The van der Waals surface area contributed by atoms with Crippen LogP contribution in [0.25, 0.3) is 0 Å². The van der Waals surface area contributed by atoms with Crippen LogP contribution < -0.4 is 0 Å². The molecule has 0 N–H and O–H groups in total. The lowest BCUT2D eigenvalue weighted by Crippen LogP contribution is -2.43. The quantitative estimate of drug-likeness (QED) is 0.504. The van der Waals surface area contributed by atoms with Crippen LogP contribution in [-0.4, -0.2) is 30.6 Å². The van der Waals surface area contributed by atoms with Gasteiger partial charge in [-0.25, -0.2) is 0 Å². The van der Waals surface area contributed by atoms with Crippen LogP contribution in [0.15, 0.2) is 11.1 Å². The molecule has 0 bridgehead atoms. The molecule has 2 radical (unpaired) electrons. The fourth-order valence-electron chi connectivity index (χ4n) is 2.49. The molecule has 2 rings (SSSR count). The van der Waals surface area contributed by atoms with E-state index in [1.807, 2.05) is 18.7 Å². The molecule has 2 heterocycles. The Kier molecular flexibility index (Phi) is 1.63. The van der Waals surface area contributed by atoms with E-state index in [0.717, 1.165) is 24.1 Å². The summed E-state index contributed by atoms with van der Waals surface area (Å²) in [5, 5.41) is 0. The summed E-state index contributed by atoms with van der Waals surface area (Å²) in [6.07, 6.45) is 0.905. The van der Waals surface area contributed by atoms with Gasteiger partial charge in [-0.05, 0) is 31.8 Å². The first-order valence-electron chi connectivity index (χ1n) is 4.75. The third-order valence-electron chi connectivity index (χ3n) is 3.41. The van der Waals surface area contributed by atoms with Gasteiger partial charge in [0, 0.05) is 17.6 Å². The Bertz CT molecular complexity index is 310. The predicted molar refractivity (Wildman–Crippen MR) is 52.4 cm³/mol. The number of hydrogen-bond acceptors (Lipinski definition) is 1. The SMILES string of the molecule is [B][C@@]12CC(C)CN1C(=O)C(C)=C2C. The maximum atomic E-state index is 11.7. The van der Waals surface area contributed by atoms with Crippen LogP contribution in [-0.2, 0) is 4.79 Å². The summed E-state index contributed by atoms with van der Waals surface area (Å²) in [5.74, 6) is 0.654. The van der Waals surface area contributed by atoms with Crippen molar-refractivity contribution in [2.24, 2.45) is 5.92 Å². The molecule has 2 aliphatic rings. The summed E-state index contributed by atoms with van der Waals surface area (Å²) >= 11 is 0. The van der Waals surface area contributed by atoms with E-state index < -0.39 is 5.44 Å². The van der Waals surface area contributed by atoms with Gasteiger partial charge in [0.1, 0.15) is 7.85 Å². The lowest BCUT2D eigenvalue weighted by Gasteiger charge is -2.30. The van der Waals surface area contributed by atoms with Gasteiger partial charge in [0.15, 0.2) is 0 Å². The second kappa shape index (κ2) is 2.40. The largest absolute Gasteiger partial charge is 0.338 e. The van der Waals surface area contributed by atoms with Crippen molar-refractivity contribution in [2.75, 3.05) is 6.54 Å². The van der Waals surface area contributed by atoms with Crippen LogP contribution in [0.4, 0.5) is 0 Å². The van der Waals surface area contributed by atoms with Gasteiger partial charge in [-0.15, -0.1) is 0 Å². The Morgan fingerprint density at radius 2 is 2.15 bits per heavy atom. The van der Waals surface area contributed by atoms with Crippen molar-refractivity contribution < 1.29 is 4.79 Å². The smallest absolute Gasteiger partial charge is 0.249 e. The summed E-state index contributed by atoms with van der Waals surface area (Å²) in [7, 11) is 6.23. The molecule has 0 aromatic carbocycles. The summed E-state index contributed by atoms with van der Waals surface area (Å²) in [5.41, 5.74) is 1.44. The second-order valence-electron chi connectivity index (χ2n) is 4.40. The first kappa shape index (κ1) is 8.85. The van der Waals surface area contributed by atoms with Crippen LogP contribution >= 0.6 is 0 Å². The van der Waals surface area contributed by atoms with E-state index in [4.69, 9.17) is 7.85 Å². The number of fused-ring (bicyclic) bond motifs is 1. The highest BCUT2D eigenvalue weighted by Gasteiger charge is 2.49. The molecule has 3 heteroatoms. The first-order chi connectivity index (χ1) is 5.97. The fourth-order valence-corrected chi connectivity index (χ4v) is 2.49. The maximum Gasteiger partial charge on any atom is 0.249 e. The molecule has 1 fully saturated rings. The molecule has 68 valence electrons. The van der Waals surface area contributed by atoms with E-state index >= 15 is 0 Å². The monoisotopic (exact) mass is 175 g/mol. The van der Waals surface area contributed by atoms with Gasteiger partial charge >= 0.3 is 0 Å². The van der Waals surface area contributed by atoms with E-state index in [9.17, 15) is 4.79 Å². The van der Waals surface area contributed by atoms with Crippen molar-refractivity contribution in [1.29, 1.82) is 0 Å². The highest BCUT2D eigenvalue weighted by molar-refractivity contribution is 6.22. The number of amides is 1. The van der Waals surface area contributed by atoms with Crippen LogP contribution in [0.2, 0.25) is 0 Å². The predicted octanol–water partition coefficient (Wildman–Crippen LogP) is 1.07. The molecule has 0 aromatic heterocycles. The molecule has 2 atom stereocenters. The maximum absolute atomic E-state index is 11.7. The van der Waals surface area contributed by atoms with Gasteiger partial charge in [0.2, 0.25) is 5.91 Å². The molecule has 13 heavy (non-hydrogen) atoms. The van der Waals surface area contributed by atoms with Gasteiger partial charge < -0.3 is 4.90 Å². The highest BCUT2D eigenvalue weighted by Crippen LogP contribution is 2.42. The summed E-state index contributed by atoms with van der Waals surface area (Å²) in [4.78, 5) is 13.6. The van der Waals surface area contributed by atoms with Crippen LogP contribution in [0.1, 0.15) is 27.2 Å². The lowest BCUT2D eigenvalue weighted by atomic mass is 9.70. The molecule has 1 saturated heterocycles. The van der Waals surface area contributed by atoms with Crippen molar-refractivity contribution in [3.63, 3.8) is 0 Å². The Morgan fingerprint density at radius 3 is 2.69 bits per heavy atom. The average molecular weight is 175 g/mol. The van der Waals surface area contributed by atoms with Crippen molar-refractivity contribution in [1.82, 2.24) is 4.90 Å². The lowest BCUT2D eigenvalue weighted by molar-refractivity contribution is -0.126. The number of nitrogens with zero attached hydrogens (tertiary/aromatic N) is 1. The third kappa shape index (κ3) is 0.931. The minimum absolute atomic E-state index is 0.129. The molecule has 0 spiro atoms. The van der Waals surface area contributed by atoms with Crippen molar-refractivity contribution >= 4 is 13.8 Å². The third-order valence-corrected chi connectivity index (χ3v) is 3.41. The molecule has 0 aromatic rings. The van der Waals surface area contributed by atoms with E-state index in [-0.39, 0.29) is 5.91 Å². The summed E-state index contributed by atoms with van der Waals surface area (Å²) in [6.45, 7) is 6.80. The zero-order chi connectivity index (χ0) is 9.80. The zero-order valence-corrected chi connectivity index (χ0v) is 8.42. The zero-order valence-electron chi connectivity index (χ0n) is 8.42. The van der Waals surface area contributed by atoms with Gasteiger partial charge in [-0.1, -0.05) is 6.92 Å². The van der Waals surface area contributed by atoms with Gasteiger partial charge in [-0.2, -0.15) is 0 Å². The van der Waals surface area contributed by atoms with Crippen LogP contribution in [0, 0.1) is 5.92 Å². The standard InChI is InChI=1S/C10H14BNO/c1-6-4-10(11)8(3)7(2)9(13)12(10)5-6/h6H,4-5H2,1-3H3/t6?,10-/m0/s1. The number of carbonyl (C=O) groups is 1. The molecular formula is C10H14BNO. The normalized spacial score (nSPS) is 38.8. The van der Waals surface area contributed by atoms with E-state index in [1.54, 1.807) is 0 Å². The Labute approximate surface area is 80.4 Å². The Hall–Kier alpha value is -0.725. The number of rotatable bonds is 0. The van der Waals surface area contributed by atoms with Crippen LogP contribution in [0.3, 0.4) is 0 Å². The second-order valence-corrected chi connectivity index (χ2v) is 4.40. The number of hydrogen-bond donors (Lipinski definition) is 0. The van der Waals surface area contributed by atoms with Crippen molar-refractivity contribution in [2.45, 2.75) is 32.6 Å². The Morgan fingerprint density at radius 1 is 1.54 bits per heavy atom. The highest BCUT2D eigenvalue weighted by atomic mass is 16.2.